The minimum atomic E-state index is -0.483. The lowest BCUT2D eigenvalue weighted by atomic mass is 10.0. The first kappa shape index (κ1) is 27.8. The normalized spacial score (nSPS) is 14.3. The van der Waals surface area contributed by atoms with Crippen molar-refractivity contribution in [1.82, 2.24) is 4.90 Å². The summed E-state index contributed by atoms with van der Waals surface area (Å²) < 4.78 is 5.28. The van der Waals surface area contributed by atoms with Crippen molar-refractivity contribution in [3.8, 4) is 11.1 Å². The molecular formula is C28H29N3O4S3. The van der Waals surface area contributed by atoms with Gasteiger partial charge < -0.3 is 10.1 Å². The van der Waals surface area contributed by atoms with Gasteiger partial charge in [-0.2, -0.15) is 0 Å². The lowest BCUT2D eigenvalue weighted by Gasteiger charge is -2.19. The maximum atomic E-state index is 13.1. The van der Waals surface area contributed by atoms with Crippen LogP contribution in [0, 0.1) is 12.8 Å². The summed E-state index contributed by atoms with van der Waals surface area (Å²) in [6.07, 6.45) is 1.79. The summed E-state index contributed by atoms with van der Waals surface area (Å²) in [5, 5.41) is 5.65. The van der Waals surface area contributed by atoms with Crippen LogP contribution in [0.5, 0.6) is 0 Å². The number of carbonyl (C=O) groups excluding carboxylic acids is 3. The minimum absolute atomic E-state index is 0.0347. The number of benzene rings is 1. The monoisotopic (exact) mass is 567 g/mol. The topological polar surface area (TPSA) is 88.1 Å². The molecule has 0 bridgehead atoms. The Morgan fingerprint density at radius 2 is 1.95 bits per heavy atom. The molecule has 3 heterocycles. The number of thiophene rings is 2. The molecule has 1 aliphatic heterocycles. The van der Waals surface area contributed by atoms with Crippen molar-refractivity contribution < 1.29 is 19.1 Å². The van der Waals surface area contributed by atoms with Crippen molar-refractivity contribution in [3.63, 3.8) is 0 Å². The number of rotatable bonds is 9. The maximum Gasteiger partial charge on any atom is 0.341 e. The van der Waals surface area contributed by atoms with Gasteiger partial charge in [-0.05, 0) is 43.5 Å². The third-order valence-corrected chi connectivity index (χ3v) is 8.26. The first-order valence-corrected chi connectivity index (χ1v) is 14.9. The predicted octanol–water partition coefficient (Wildman–Crippen LogP) is 6.53. The summed E-state index contributed by atoms with van der Waals surface area (Å²) in [7, 11) is 0. The molecule has 0 saturated carbocycles. The van der Waals surface area contributed by atoms with Gasteiger partial charge in [0.25, 0.3) is 5.91 Å². The Morgan fingerprint density at radius 3 is 2.61 bits per heavy atom. The van der Waals surface area contributed by atoms with E-state index in [-0.39, 0.29) is 30.1 Å². The molecule has 198 valence electrons. The van der Waals surface area contributed by atoms with Crippen LogP contribution in [-0.2, 0) is 14.3 Å². The van der Waals surface area contributed by atoms with Crippen LogP contribution in [0.2, 0.25) is 0 Å². The fourth-order valence-corrected chi connectivity index (χ4v) is 6.41. The highest BCUT2D eigenvalue weighted by Gasteiger charge is 2.32. The van der Waals surface area contributed by atoms with Gasteiger partial charge in [-0.3, -0.25) is 14.5 Å². The third kappa shape index (κ3) is 6.61. The number of esters is 1. The molecule has 4 rings (SSSR count). The number of aliphatic imine (C=N–C) groups is 1. The van der Waals surface area contributed by atoms with Crippen molar-refractivity contribution in [1.29, 1.82) is 0 Å². The Hall–Kier alpha value is -3.21. The highest BCUT2D eigenvalue weighted by Crippen LogP contribution is 2.36. The molecule has 1 aromatic carbocycles. The predicted molar refractivity (Wildman–Crippen MR) is 158 cm³/mol. The van der Waals surface area contributed by atoms with Gasteiger partial charge in [-0.15, -0.1) is 22.7 Å². The van der Waals surface area contributed by atoms with E-state index in [2.05, 4.69) is 10.3 Å². The zero-order valence-corrected chi connectivity index (χ0v) is 24.1. The molecule has 0 radical (unpaired) electrons. The molecule has 0 spiro atoms. The molecule has 0 atom stereocenters. The molecule has 0 fully saturated rings. The van der Waals surface area contributed by atoms with Crippen LogP contribution < -0.4 is 5.32 Å². The number of aryl methyl sites for hydroxylation is 1. The summed E-state index contributed by atoms with van der Waals surface area (Å²) >= 11 is 4.08. The van der Waals surface area contributed by atoms with Gasteiger partial charge in [0.05, 0.1) is 12.4 Å². The molecular weight excluding hydrogens is 539 g/mol. The van der Waals surface area contributed by atoms with Crippen LogP contribution in [0.3, 0.4) is 0 Å². The van der Waals surface area contributed by atoms with E-state index in [0.717, 1.165) is 15.3 Å². The summed E-state index contributed by atoms with van der Waals surface area (Å²) in [5.41, 5.74) is 2.29. The molecule has 2 aromatic heterocycles. The van der Waals surface area contributed by atoms with E-state index in [4.69, 9.17) is 4.74 Å². The van der Waals surface area contributed by atoms with Gasteiger partial charge in [0.15, 0.2) is 5.17 Å². The number of nitrogens with one attached hydrogen (secondary N) is 1. The largest absolute Gasteiger partial charge is 0.462 e. The van der Waals surface area contributed by atoms with Crippen LogP contribution in [0.4, 0.5) is 5.00 Å². The lowest BCUT2D eigenvalue weighted by Crippen LogP contribution is -2.34. The summed E-state index contributed by atoms with van der Waals surface area (Å²) in [5.74, 6) is -0.678. The van der Waals surface area contributed by atoms with E-state index in [1.165, 1.54) is 23.1 Å². The highest BCUT2D eigenvalue weighted by molar-refractivity contribution is 8.14. The van der Waals surface area contributed by atoms with Crippen LogP contribution in [0.15, 0.2) is 58.5 Å². The molecule has 3 aromatic rings. The van der Waals surface area contributed by atoms with Gasteiger partial charge in [0, 0.05) is 27.2 Å². The highest BCUT2D eigenvalue weighted by atomic mass is 32.2. The number of hydrogen-bond donors (Lipinski definition) is 1. The zero-order valence-electron chi connectivity index (χ0n) is 21.6. The van der Waals surface area contributed by atoms with Gasteiger partial charge in [-0.1, -0.05) is 55.9 Å². The van der Waals surface area contributed by atoms with Crippen LogP contribution in [-0.4, -0.2) is 46.8 Å². The van der Waals surface area contributed by atoms with Crippen molar-refractivity contribution in [3.05, 3.63) is 68.9 Å². The number of hydrogen-bond acceptors (Lipinski definition) is 8. The second-order valence-electron chi connectivity index (χ2n) is 8.96. The van der Waals surface area contributed by atoms with Crippen molar-refractivity contribution in [2.45, 2.75) is 27.7 Å². The summed E-state index contributed by atoms with van der Waals surface area (Å²) in [6.45, 7) is 8.56. The second kappa shape index (κ2) is 12.6. The molecule has 10 heteroatoms. The Kier molecular flexibility index (Phi) is 9.19. The average Bonchev–Trinajstić information content (AvgIpc) is 3.57. The molecule has 38 heavy (non-hydrogen) atoms. The SMILES string of the molecule is CCOC(=O)c1c(-c2ccccc2)csc1NC(=O)CSC1=N/C(=C/c2ccc(C)s2)C(=O)N1CC(C)C. The van der Waals surface area contributed by atoms with Crippen LogP contribution in [0.1, 0.15) is 40.9 Å². The van der Waals surface area contributed by atoms with Crippen molar-refractivity contribution in [2.24, 2.45) is 10.9 Å². The number of carbonyl (C=O) groups is 3. The molecule has 0 aliphatic carbocycles. The number of anilines is 1. The van der Waals surface area contributed by atoms with Crippen LogP contribution >= 0.6 is 34.4 Å². The van der Waals surface area contributed by atoms with Crippen molar-refractivity contribution in [2.75, 3.05) is 24.2 Å². The molecule has 0 saturated heterocycles. The minimum Gasteiger partial charge on any atom is -0.462 e. The quantitative estimate of drug-likeness (QED) is 0.235. The van der Waals surface area contributed by atoms with E-state index >= 15 is 0 Å². The molecule has 0 unspecified atom stereocenters. The second-order valence-corrected chi connectivity index (χ2v) is 12.1. The first-order valence-electron chi connectivity index (χ1n) is 12.2. The van der Waals surface area contributed by atoms with Crippen LogP contribution in [0.25, 0.3) is 17.2 Å². The Balaban J connectivity index is 1.51. The third-order valence-electron chi connectivity index (χ3n) is 5.44. The van der Waals surface area contributed by atoms with E-state index in [1.807, 2.05) is 68.6 Å². The van der Waals surface area contributed by atoms with E-state index < -0.39 is 5.97 Å². The maximum absolute atomic E-state index is 13.1. The summed E-state index contributed by atoms with van der Waals surface area (Å²) in [4.78, 5) is 47.2. The van der Waals surface area contributed by atoms with E-state index in [9.17, 15) is 14.4 Å². The Bertz CT molecular complexity index is 1390. The van der Waals surface area contributed by atoms with Gasteiger partial charge in [-0.25, -0.2) is 9.79 Å². The van der Waals surface area contributed by atoms with E-state index in [0.29, 0.717) is 33.5 Å². The number of nitrogens with zero attached hydrogens (tertiary/aromatic N) is 2. The smallest absolute Gasteiger partial charge is 0.341 e. The average molecular weight is 568 g/mol. The fraction of sp³-hybridized carbons (Fsp3) is 0.286. The standard InChI is InChI=1S/C28H29N3O4S3/c1-5-35-27(34)24-21(19-9-7-6-8-10-19)15-36-25(24)30-23(32)16-37-28-29-22(13-20-12-11-18(4)38-20)26(33)31(28)14-17(2)3/h6-13,15,17H,5,14,16H2,1-4H3,(H,30,32)/b22-13+. The number of ether oxygens (including phenoxy) is 1. The Labute approximate surface area is 234 Å². The number of amidine groups is 1. The molecule has 7 nitrogen and oxygen atoms in total. The van der Waals surface area contributed by atoms with Gasteiger partial charge in [0.2, 0.25) is 5.91 Å². The molecule has 1 N–H and O–H groups in total. The van der Waals surface area contributed by atoms with Gasteiger partial charge in [0.1, 0.15) is 16.3 Å². The zero-order chi connectivity index (χ0) is 27.2. The number of thioether (sulfide) groups is 1. The fourth-order valence-electron chi connectivity index (χ4n) is 3.81. The van der Waals surface area contributed by atoms with Crippen molar-refractivity contribution >= 4 is 68.5 Å². The number of amides is 2. The lowest BCUT2D eigenvalue weighted by molar-refractivity contribution is -0.123. The summed E-state index contributed by atoms with van der Waals surface area (Å²) in [6, 6.07) is 13.5. The van der Waals surface area contributed by atoms with E-state index in [1.54, 1.807) is 29.2 Å². The molecule has 1 aliphatic rings. The van der Waals surface area contributed by atoms with Gasteiger partial charge >= 0.3 is 5.97 Å². The first-order chi connectivity index (χ1) is 18.3. The molecule has 2 amide bonds. The Morgan fingerprint density at radius 1 is 1.18 bits per heavy atom.